The highest BCUT2D eigenvalue weighted by Crippen LogP contribution is 2.50. The maximum Gasteiger partial charge on any atom is 0.227 e. The molecule has 1 aliphatic carbocycles. The van der Waals surface area contributed by atoms with Crippen LogP contribution in [0.3, 0.4) is 0 Å². The van der Waals surface area contributed by atoms with Gasteiger partial charge in [0.05, 0.1) is 25.7 Å². The van der Waals surface area contributed by atoms with E-state index in [1.165, 1.54) is 0 Å². The minimum Gasteiger partial charge on any atom is -0.496 e. The average molecular weight is 319 g/mol. The molecule has 0 bridgehead atoms. The number of amides is 1. The van der Waals surface area contributed by atoms with Crippen molar-refractivity contribution in [2.75, 3.05) is 27.3 Å². The van der Waals surface area contributed by atoms with Crippen LogP contribution in [0.1, 0.15) is 24.8 Å². The van der Waals surface area contributed by atoms with E-state index in [4.69, 9.17) is 9.47 Å². The number of aliphatic hydroxyl groups excluding tert-OH is 1. The SMILES string of the molecule is COc1ccccc1CC(=O)N1CCC2(CC1)[C@@H](O)C[C@H]2OC. The second-order valence-corrected chi connectivity index (χ2v) is 6.58. The van der Waals surface area contributed by atoms with E-state index in [0.717, 1.165) is 24.2 Å². The number of hydrogen-bond acceptors (Lipinski definition) is 4. The number of ether oxygens (including phenoxy) is 2. The van der Waals surface area contributed by atoms with E-state index in [1.54, 1.807) is 14.2 Å². The van der Waals surface area contributed by atoms with Gasteiger partial charge in [0.25, 0.3) is 0 Å². The molecule has 1 aromatic carbocycles. The summed E-state index contributed by atoms with van der Waals surface area (Å²) in [6.45, 7) is 1.37. The highest BCUT2D eigenvalue weighted by molar-refractivity contribution is 5.79. The van der Waals surface area contributed by atoms with Crippen LogP contribution in [0.4, 0.5) is 0 Å². The van der Waals surface area contributed by atoms with Crippen molar-refractivity contribution < 1.29 is 19.4 Å². The second-order valence-electron chi connectivity index (χ2n) is 6.58. The minimum atomic E-state index is -0.293. The fourth-order valence-corrected chi connectivity index (χ4v) is 4.01. The van der Waals surface area contributed by atoms with Crippen molar-refractivity contribution in [3.63, 3.8) is 0 Å². The molecule has 1 aromatic rings. The molecule has 1 amide bonds. The number of likely N-dealkylation sites (tertiary alicyclic amines) is 1. The Morgan fingerprint density at radius 2 is 2.00 bits per heavy atom. The molecule has 2 fully saturated rings. The van der Waals surface area contributed by atoms with Gasteiger partial charge in [-0.2, -0.15) is 0 Å². The van der Waals surface area contributed by atoms with Crippen molar-refractivity contribution >= 4 is 5.91 Å². The van der Waals surface area contributed by atoms with Crippen LogP contribution in [-0.4, -0.2) is 55.4 Å². The van der Waals surface area contributed by atoms with Crippen molar-refractivity contribution in [2.24, 2.45) is 5.41 Å². The Balaban J connectivity index is 1.60. The fourth-order valence-electron chi connectivity index (χ4n) is 4.01. The summed E-state index contributed by atoms with van der Waals surface area (Å²) < 4.78 is 10.8. The molecule has 0 unspecified atom stereocenters. The summed E-state index contributed by atoms with van der Waals surface area (Å²) in [6, 6.07) is 7.63. The summed E-state index contributed by atoms with van der Waals surface area (Å²) >= 11 is 0. The Morgan fingerprint density at radius 1 is 1.30 bits per heavy atom. The summed E-state index contributed by atoms with van der Waals surface area (Å²) in [6.07, 6.45) is 2.52. The Hall–Kier alpha value is -1.59. The topological polar surface area (TPSA) is 59.0 Å². The van der Waals surface area contributed by atoms with Gasteiger partial charge in [0.2, 0.25) is 5.91 Å². The lowest BCUT2D eigenvalue weighted by Gasteiger charge is -2.56. The van der Waals surface area contributed by atoms with Crippen molar-refractivity contribution in [2.45, 2.75) is 37.9 Å². The van der Waals surface area contributed by atoms with Gasteiger partial charge in [0.1, 0.15) is 5.75 Å². The van der Waals surface area contributed by atoms with E-state index in [9.17, 15) is 9.90 Å². The normalized spacial score (nSPS) is 26.0. The number of para-hydroxylation sites is 1. The van der Waals surface area contributed by atoms with E-state index < -0.39 is 0 Å². The predicted octanol–water partition coefficient (Wildman–Crippen LogP) is 1.63. The molecular formula is C18H25NO4. The zero-order valence-corrected chi connectivity index (χ0v) is 13.8. The first kappa shape index (κ1) is 16.3. The number of benzene rings is 1. The van der Waals surface area contributed by atoms with Gasteiger partial charge < -0.3 is 19.5 Å². The van der Waals surface area contributed by atoms with Crippen LogP contribution in [0, 0.1) is 5.41 Å². The Labute approximate surface area is 137 Å². The smallest absolute Gasteiger partial charge is 0.227 e. The number of hydrogen-bond donors (Lipinski definition) is 1. The van der Waals surface area contributed by atoms with E-state index in [1.807, 2.05) is 29.2 Å². The molecule has 5 nitrogen and oxygen atoms in total. The maximum absolute atomic E-state index is 12.6. The zero-order chi connectivity index (χ0) is 16.4. The number of rotatable bonds is 4. The molecule has 1 saturated carbocycles. The molecule has 1 saturated heterocycles. The lowest BCUT2D eigenvalue weighted by atomic mass is 9.58. The lowest BCUT2D eigenvalue weighted by Crippen LogP contribution is -2.62. The van der Waals surface area contributed by atoms with Crippen molar-refractivity contribution in [3.05, 3.63) is 29.8 Å². The molecule has 5 heteroatoms. The van der Waals surface area contributed by atoms with E-state index in [-0.39, 0.29) is 23.5 Å². The molecule has 126 valence electrons. The minimum absolute atomic E-state index is 0.118. The van der Waals surface area contributed by atoms with E-state index in [0.29, 0.717) is 25.9 Å². The summed E-state index contributed by atoms with van der Waals surface area (Å²) in [5.41, 5.74) is 0.773. The highest BCUT2D eigenvalue weighted by atomic mass is 16.5. The quantitative estimate of drug-likeness (QED) is 0.916. The molecule has 2 atom stereocenters. The summed E-state index contributed by atoms with van der Waals surface area (Å²) in [5.74, 6) is 0.871. The highest BCUT2D eigenvalue weighted by Gasteiger charge is 2.56. The third-order valence-electron chi connectivity index (χ3n) is 5.61. The molecule has 2 aliphatic rings. The predicted molar refractivity (Wildman–Crippen MR) is 86.4 cm³/mol. The molecular weight excluding hydrogens is 294 g/mol. The largest absolute Gasteiger partial charge is 0.496 e. The molecule has 1 heterocycles. The molecule has 1 N–H and O–H groups in total. The molecule has 3 rings (SSSR count). The number of piperidine rings is 1. The van der Waals surface area contributed by atoms with Gasteiger partial charge in [-0.05, 0) is 18.9 Å². The second kappa shape index (κ2) is 6.49. The van der Waals surface area contributed by atoms with Gasteiger partial charge in [0, 0.05) is 37.6 Å². The number of carbonyl (C=O) groups excluding carboxylic acids is 1. The molecule has 0 aromatic heterocycles. The number of aliphatic hydroxyl groups is 1. The fraction of sp³-hybridized carbons (Fsp3) is 0.611. The van der Waals surface area contributed by atoms with Gasteiger partial charge in [-0.15, -0.1) is 0 Å². The van der Waals surface area contributed by atoms with Crippen LogP contribution in [0.2, 0.25) is 0 Å². The number of nitrogens with zero attached hydrogens (tertiary/aromatic N) is 1. The summed E-state index contributed by atoms with van der Waals surface area (Å²) in [7, 11) is 3.33. The standard InChI is InChI=1S/C18H25NO4/c1-22-14-6-4-3-5-13(14)11-17(21)19-9-7-18(8-10-19)15(20)12-16(18)23-2/h3-6,15-16,20H,7-12H2,1-2H3/t15-,16+/m0/s1. The summed E-state index contributed by atoms with van der Waals surface area (Å²) in [4.78, 5) is 14.5. The Kier molecular flexibility index (Phi) is 4.60. The van der Waals surface area contributed by atoms with Crippen LogP contribution in [0.5, 0.6) is 5.75 Å². The van der Waals surface area contributed by atoms with Gasteiger partial charge in [0.15, 0.2) is 0 Å². The molecule has 1 aliphatic heterocycles. The van der Waals surface area contributed by atoms with Crippen LogP contribution < -0.4 is 4.74 Å². The number of methoxy groups -OCH3 is 2. The van der Waals surface area contributed by atoms with Gasteiger partial charge in [-0.1, -0.05) is 18.2 Å². The first-order valence-corrected chi connectivity index (χ1v) is 8.21. The van der Waals surface area contributed by atoms with Gasteiger partial charge in [-0.3, -0.25) is 4.79 Å². The Morgan fingerprint density at radius 3 is 2.61 bits per heavy atom. The van der Waals surface area contributed by atoms with Crippen LogP contribution in [-0.2, 0) is 16.0 Å². The third kappa shape index (κ3) is 2.83. The van der Waals surface area contributed by atoms with Crippen LogP contribution in [0.25, 0.3) is 0 Å². The molecule has 1 spiro atoms. The van der Waals surface area contributed by atoms with Crippen molar-refractivity contribution in [3.8, 4) is 5.75 Å². The Bertz CT molecular complexity index is 566. The van der Waals surface area contributed by atoms with Crippen LogP contribution in [0.15, 0.2) is 24.3 Å². The first-order chi connectivity index (χ1) is 11.1. The maximum atomic E-state index is 12.6. The average Bonchev–Trinajstić information content (AvgIpc) is 2.60. The van der Waals surface area contributed by atoms with Gasteiger partial charge in [-0.25, -0.2) is 0 Å². The van der Waals surface area contributed by atoms with Crippen molar-refractivity contribution in [1.29, 1.82) is 0 Å². The third-order valence-corrected chi connectivity index (χ3v) is 5.61. The van der Waals surface area contributed by atoms with Crippen LogP contribution >= 0.6 is 0 Å². The molecule has 23 heavy (non-hydrogen) atoms. The monoisotopic (exact) mass is 319 g/mol. The van der Waals surface area contributed by atoms with E-state index in [2.05, 4.69) is 0 Å². The number of carbonyl (C=O) groups is 1. The lowest BCUT2D eigenvalue weighted by molar-refractivity contribution is -0.202. The molecule has 0 radical (unpaired) electrons. The first-order valence-electron chi connectivity index (χ1n) is 8.21. The zero-order valence-electron chi connectivity index (χ0n) is 13.8. The van der Waals surface area contributed by atoms with E-state index >= 15 is 0 Å². The van der Waals surface area contributed by atoms with Crippen molar-refractivity contribution in [1.82, 2.24) is 4.90 Å². The summed E-state index contributed by atoms with van der Waals surface area (Å²) in [5, 5.41) is 10.2. The van der Waals surface area contributed by atoms with Gasteiger partial charge >= 0.3 is 0 Å².